The van der Waals surface area contributed by atoms with Gasteiger partial charge in [0.15, 0.2) is 0 Å². The molecule has 0 spiro atoms. The summed E-state index contributed by atoms with van der Waals surface area (Å²) in [5.74, 6) is 0.843. The van der Waals surface area contributed by atoms with E-state index in [-0.39, 0.29) is 0 Å². The minimum absolute atomic E-state index is 0.494. The molecule has 0 aliphatic heterocycles. The fraction of sp³-hybridized carbons (Fsp3) is 0.188. The molecule has 0 fully saturated rings. The number of hydrogen-bond acceptors (Lipinski definition) is 3. The second-order valence-electron chi connectivity index (χ2n) is 4.58. The van der Waals surface area contributed by atoms with Crippen LogP contribution in [0.4, 0.5) is 5.69 Å². The summed E-state index contributed by atoms with van der Waals surface area (Å²) in [6.07, 6.45) is 0. The van der Waals surface area contributed by atoms with Gasteiger partial charge < -0.3 is 10.5 Å². The molecule has 0 saturated carbocycles. The maximum absolute atomic E-state index is 8.91. The van der Waals surface area contributed by atoms with Gasteiger partial charge in [0.2, 0.25) is 0 Å². The van der Waals surface area contributed by atoms with Crippen LogP contribution in [0.15, 0.2) is 36.4 Å². The highest BCUT2D eigenvalue weighted by molar-refractivity contribution is 5.47. The number of rotatable bonds is 3. The van der Waals surface area contributed by atoms with E-state index in [4.69, 9.17) is 15.7 Å². The molecule has 0 radical (unpaired) electrons. The van der Waals surface area contributed by atoms with Crippen molar-refractivity contribution in [3.05, 3.63) is 58.7 Å². The summed E-state index contributed by atoms with van der Waals surface area (Å²) < 4.78 is 5.84. The number of ether oxygens (including phenoxy) is 1. The Bertz CT molecular complexity index is 601. The SMILES string of the molecule is Cc1cc(C#N)cc(C)c1OCc1ccc(N)cc1. The maximum Gasteiger partial charge on any atom is 0.125 e. The van der Waals surface area contributed by atoms with Gasteiger partial charge in [0.25, 0.3) is 0 Å². The molecule has 2 aromatic rings. The monoisotopic (exact) mass is 252 g/mol. The Morgan fingerprint density at radius 3 is 2.21 bits per heavy atom. The quantitative estimate of drug-likeness (QED) is 0.852. The van der Waals surface area contributed by atoms with E-state index in [1.807, 2.05) is 50.2 Å². The van der Waals surface area contributed by atoms with Gasteiger partial charge in [-0.15, -0.1) is 0 Å². The molecule has 19 heavy (non-hydrogen) atoms. The fourth-order valence-corrected chi connectivity index (χ4v) is 2.01. The molecule has 0 saturated heterocycles. The van der Waals surface area contributed by atoms with Gasteiger partial charge >= 0.3 is 0 Å². The molecule has 0 unspecified atom stereocenters. The molecule has 0 aromatic heterocycles. The summed E-state index contributed by atoms with van der Waals surface area (Å²) in [4.78, 5) is 0. The van der Waals surface area contributed by atoms with Gasteiger partial charge in [-0.2, -0.15) is 5.26 Å². The van der Waals surface area contributed by atoms with Crippen molar-refractivity contribution in [3.63, 3.8) is 0 Å². The fourth-order valence-electron chi connectivity index (χ4n) is 2.01. The van der Waals surface area contributed by atoms with Crippen LogP contribution in [-0.2, 0) is 6.61 Å². The van der Waals surface area contributed by atoms with Crippen LogP contribution < -0.4 is 10.5 Å². The van der Waals surface area contributed by atoms with Gasteiger partial charge in [-0.05, 0) is 54.8 Å². The topological polar surface area (TPSA) is 59.0 Å². The van der Waals surface area contributed by atoms with E-state index in [0.29, 0.717) is 12.2 Å². The van der Waals surface area contributed by atoms with Gasteiger partial charge in [0.05, 0.1) is 11.6 Å². The largest absolute Gasteiger partial charge is 0.488 e. The van der Waals surface area contributed by atoms with Crippen LogP contribution in [-0.4, -0.2) is 0 Å². The van der Waals surface area contributed by atoms with Crippen LogP contribution >= 0.6 is 0 Å². The second-order valence-corrected chi connectivity index (χ2v) is 4.58. The predicted molar refractivity (Wildman–Crippen MR) is 75.8 cm³/mol. The third kappa shape index (κ3) is 3.05. The number of hydrogen-bond donors (Lipinski definition) is 1. The first-order valence-corrected chi connectivity index (χ1v) is 6.08. The van der Waals surface area contributed by atoms with Crippen molar-refractivity contribution in [3.8, 4) is 11.8 Å². The Balaban J connectivity index is 2.16. The molecule has 2 aromatic carbocycles. The van der Waals surface area contributed by atoms with Crippen LogP contribution in [0, 0.1) is 25.2 Å². The molecule has 0 amide bonds. The average molecular weight is 252 g/mol. The van der Waals surface area contributed by atoms with E-state index in [1.165, 1.54) is 0 Å². The zero-order valence-electron chi connectivity index (χ0n) is 11.1. The Morgan fingerprint density at radius 2 is 1.68 bits per heavy atom. The van der Waals surface area contributed by atoms with Crippen molar-refractivity contribution < 1.29 is 4.74 Å². The lowest BCUT2D eigenvalue weighted by Crippen LogP contribution is -2.00. The van der Waals surface area contributed by atoms with Crippen molar-refractivity contribution in [1.82, 2.24) is 0 Å². The normalized spacial score (nSPS) is 9.95. The zero-order valence-corrected chi connectivity index (χ0v) is 11.1. The maximum atomic E-state index is 8.91. The summed E-state index contributed by atoms with van der Waals surface area (Å²) in [5, 5.41) is 8.91. The van der Waals surface area contributed by atoms with Crippen LogP contribution in [0.25, 0.3) is 0 Å². The molecule has 0 atom stereocenters. The molecule has 2 rings (SSSR count). The van der Waals surface area contributed by atoms with Crippen LogP contribution in [0.3, 0.4) is 0 Å². The van der Waals surface area contributed by atoms with Crippen molar-refractivity contribution in [1.29, 1.82) is 5.26 Å². The number of anilines is 1. The van der Waals surface area contributed by atoms with E-state index in [0.717, 1.165) is 28.1 Å². The minimum atomic E-state index is 0.494. The predicted octanol–water partition coefficient (Wildman–Crippen LogP) is 3.34. The molecular formula is C16H16N2O. The number of nitriles is 1. The molecule has 3 heteroatoms. The van der Waals surface area contributed by atoms with E-state index < -0.39 is 0 Å². The Morgan fingerprint density at radius 1 is 1.11 bits per heavy atom. The summed E-state index contributed by atoms with van der Waals surface area (Å²) in [7, 11) is 0. The van der Waals surface area contributed by atoms with Gasteiger partial charge in [0, 0.05) is 5.69 Å². The number of aryl methyl sites for hydroxylation is 2. The highest BCUT2D eigenvalue weighted by Gasteiger charge is 2.06. The van der Waals surface area contributed by atoms with Crippen LogP contribution in [0.2, 0.25) is 0 Å². The smallest absolute Gasteiger partial charge is 0.125 e. The third-order valence-corrected chi connectivity index (χ3v) is 2.95. The van der Waals surface area contributed by atoms with Crippen molar-refractivity contribution in [2.24, 2.45) is 0 Å². The molecule has 0 heterocycles. The third-order valence-electron chi connectivity index (χ3n) is 2.95. The number of nitrogens with zero attached hydrogens (tertiary/aromatic N) is 1. The van der Waals surface area contributed by atoms with Crippen LogP contribution in [0.5, 0.6) is 5.75 Å². The Labute approximate surface area is 113 Å². The van der Waals surface area contributed by atoms with E-state index >= 15 is 0 Å². The highest BCUT2D eigenvalue weighted by atomic mass is 16.5. The number of nitrogens with two attached hydrogens (primary N) is 1. The van der Waals surface area contributed by atoms with Crippen molar-refractivity contribution in [2.75, 3.05) is 5.73 Å². The lowest BCUT2D eigenvalue weighted by molar-refractivity contribution is 0.302. The minimum Gasteiger partial charge on any atom is -0.488 e. The molecule has 0 aliphatic carbocycles. The first-order valence-electron chi connectivity index (χ1n) is 6.08. The molecule has 2 N–H and O–H groups in total. The molecule has 0 aliphatic rings. The molecule has 96 valence electrons. The van der Waals surface area contributed by atoms with E-state index in [1.54, 1.807) is 0 Å². The lowest BCUT2D eigenvalue weighted by Gasteiger charge is -2.12. The zero-order chi connectivity index (χ0) is 13.8. The Hall–Kier alpha value is -2.47. The van der Waals surface area contributed by atoms with E-state index in [9.17, 15) is 0 Å². The lowest BCUT2D eigenvalue weighted by atomic mass is 10.1. The summed E-state index contributed by atoms with van der Waals surface area (Å²) >= 11 is 0. The second kappa shape index (κ2) is 5.45. The molecular weight excluding hydrogens is 236 g/mol. The first-order chi connectivity index (χ1) is 9.10. The molecule has 3 nitrogen and oxygen atoms in total. The summed E-state index contributed by atoms with van der Waals surface area (Å²) in [6.45, 7) is 4.40. The van der Waals surface area contributed by atoms with Crippen molar-refractivity contribution in [2.45, 2.75) is 20.5 Å². The highest BCUT2D eigenvalue weighted by Crippen LogP contribution is 2.25. The van der Waals surface area contributed by atoms with Gasteiger partial charge in [-0.25, -0.2) is 0 Å². The standard InChI is InChI=1S/C16H16N2O/c1-11-7-14(9-17)8-12(2)16(11)19-10-13-3-5-15(18)6-4-13/h3-8H,10,18H2,1-2H3. The van der Waals surface area contributed by atoms with Gasteiger partial charge in [0.1, 0.15) is 12.4 Å². The van der Waals surface area contributed by atoms with Crippen molar-refractivity contribution >= 4 is 5.69 Å². The Kier molecular flexibility index (Phi) is 3.72. The van der Waals surface area contributed by atoms with Gasteiger partial charge in [-0.3, -0.25) is 0 Å². The number of nitrogen functional groups attached to an aromatic ring is 1. The average Bonchev–Trinajstić information content (AvgIpc) is 2.39. The first kappa shape index (κ1) is 13.0. The number of benzene rings is 2. The summed E-state index contributed by atoms with van der Waals surface area (Å²) in [5.41, 5.74) is 10.1. The molecule has 0 bridgehead atoms. The summed E-state index contributed by atoms with van der Waals surface area (Å²) in [6, 6.07) is 13.4. The van der Waals surface area contributed by atoms with E-state index in [2.05, 4.69) is 6.07 Å². The van der Waals surface area contributed by atoms with Crippen LogP contribution in [0.1, 0.15) is 22.3 Å². The van der Waals surface area contributed by atoms with Gasteiger partial charge in [-0.1, -0.05) is 12.1 Å².